The molecule has 0 spiro atoms. The van der Waals surface area contributed by atoms with Crippen molar-refractivity contribution in [2.45, 2.75) is 23.0 Å². The number of likely N-dealkylation sites (tertiary alicyclic amines) is 1. The molecular formula is C18H17Cl2NO3S. The largest absolute Gasteiger partial charge is 0.341 e. The third-order valence-electron chi connectivity index (χ3n) is 4.35. The Bertz CT molecular complexity index is 864. The van der Waals surface area contributed by atoms with Crippen molar-refractivity contribution in [3.05, 3.63) is 64.1 Å². The van der Waals surface area contributed by atoms with Gasteiger partial charge in [-0.1, -0.05) is 35.3 Å². The second kappa shape index (κ2) is 7.36. The Hall–Kier alpha value is -1.56. The van der Waals surface area contributed by atoms with Crippen molar-refractivity contribution in [2.24, 2.45) is 0 Å². The van der Waals surface area contributed by atoms with Crippen LogP contribution in [0.5, 0.6) is 0 Å². The normalized spacial score (nSPS) is 17.7. The topological polar surface area (TPSA) is 54.5 Å². The minimum atomic E-state index is -3.47. The maximum Gasteiger partial charge on any atom is 0.227 e. The first kappa shape index (κ1) is 18.2. The molecule has 1 atom stereocenters. The van der Waals surface area contributed by atoms with Gasteiger partial charge in [0.1, 0.15) is 0 Å². The number of carbonyl (C=O) groups is 1. The summed E-state index contributed by atoms with van der Waals surface area (Å²) in [5.74, 6) is -0.0730. The lowest BCUT2D eigenvalue weighted by Gasteiger charge is -2.17. The smallest absolute Gasteiger partial charge is 0.227 e. The van der Waals surface area contributed by atoms with Gasteiger partial charge in [-0.25, -0.2) is 8.42 Å². The Morgan fingerprint density at radius 1 is 1.00 bits per heavy atom. The first-order valence-corrected chi connectivity index (χ1v) is 10.2. The van der Waals surface area contributed by atoms with Crippen molar-refractivity contribution in [1.82, 2.24) is 4.90 Å². The first-order valence-electron chi connectivity index (χ1n) is 7.88. The number of benzene rings is 2. The van der Waals surface area contributed by atoms with E-state index in [1.54, 1.807) is 41.3 Å². The van der Waals surface area contributed by atoms with Crippen molar-refractivity contribution in [3.8, 4) is 0 Å². The van der Waals surface area contributed by atoms with Gasteiger partial charge in [0, 0.05) is 23.1 Å². The summed E-state index contributed by atoms with van der Waals surface area (Å²) in [5.41, 5.74) is 0.860. The molecule has 7 heteroatoms. The molecule has 132 valence electrons. The highest BCUT2D eigenvalue weighted by Gasteiger charge is 2.35. The monoisotopic (exact) mass is 397 g/mol. The Morgan fingerprint density at radius 2 is 1.56 bits per heavy atom. The third kappa shape index (κ3) is 4.17. The highest BCUT2D eigenvalue weighted by molar-refractivity contribution is 7.92. The van der Waals surface area contributed by atoms with E-state index < -0.39 is 15.1 Å². The van der Waals surface area contributed by atoms with E-state index in [4.69, 9.17) is 23.2 Å². The van der Waals surface area contributed by atoms with Gasteiger partial charge in [-0.05, 0) is 48.4 Å². The average molecular weight is 398 g/mol. The molecular weight excluding hydrogens is 381 g/mol. The van der Waals surface area contributed by atoms with Crippen LogP contribution in [0.15, 0.2) is 53.4 Å². The maximum absolute atomic E-state index is 12.7. The molecule has 0 radical (unpaired) electrons. The number of halogens is 2. The molecule has 1 unspecified atom stereocenters. The number of carbonyl (C=O) groups excluding carboxylic acids is 1. The molecule has 1 amide bonds. The molecule has 4 nitrogen and oxygen atoms in total. The number of amides is 1. The minimum absolute atomic E-state index is 0.0730. The van der Waals surface area contributed by atoms with Crippen LogP contribution in [-0.2, 0) is 21.1 Å². The van der Waals surface area contributed by atoms with Gasteiger partial charge in [-0.2, -0.15) is 0 Å². The Balaban J connectivity index is 1.67. The predicted octanol–water partition coefficient (Wildman–Crippen LogP) is 3.61. The van der Waals surface area contributed by atoms with Crippen LogP contribution < -0.4 is 0 Å². The molecule has 3 rings (SSSR count). The summed E-state index contributed by atoms with van der Waals surface area (Å²) in [6, 6.07) is 13.2. The lowest BCUT2D eigenvalue weighted by atomic mass is 10.1. The van der Waals surface area contributed by atoms with Crippen LogP contribution in [0.1, 0.15) is 12.0 Å². The Morgan fingerprint density at radius 3 is 2.16 bits per heavy atom. The molecule has 0 bridgehead atoms. The summed E-state index contributed by atoms with van der Waals surface area (Å²) in [6.45, 7) is 0.668. The number of rotatable bonds is 4. The fourth-order valence-electron chi connectivity index (χ4n) is 2.91. The lowest BCUT2D eigenvalue weighted by molar-refractivity contribution is -0.129. The highest BCUT2D eigenvalue weighted by atomic mass is 35.5. The van der Waals surface area contributed by atoms with E-state index in [0.717, 1.165) is 5.56 Å². The lowest BCUT2D eigenvalue weighted by Crippen LogP contribution is -2.32. The second-order valence-corrected chi connectivity index (χ2v) is 9.15. The van der Waals surface area contributed by atoms with Gasteiger partial charge >= 0.3 is 0 Å². The van der Waals surface area contributed by atoms with E-state index in [9.17, 15) is 13.2 Å². The van der Waals surface area contributed by atoms with Crippen molar-refractivity contribution >= 4 is 38.9 Å². The van der Waals surface area contributed by atoms with Crippen molar-refractivity contribution in [1.29, 1.82) is 0 Å². The fourth-order valence-corrected chi connectivity index (χ4v) is 4.86. The fraction of sp³-hybridized carbons (Fsp3) is 0.278. The van der Waals surface area contributed by atoms with Gasteiger partial charge in [0.15, 0.2) is 9.84 Å². The predicted molar refractivity (Wildman–Crippen MR) is 98.8 cm³/mol. The van der Waals surface area contributed by atoms with Crippen LogP contribution in [-0.4, -0.2) is 37.6 Å². The molecule has 0 N–H and O–H groups in total. The van der Waals surface area contributed by atoms with Gasteiger partial charge in [0.25, 0.3) is 0 Å². The average Bonchev–Trinajstić information content (AvgIpc) is 3.08. The standard InChI is InChI=1S/C18H17Cl2NO3S/c19-14-3-1-13(2-4-14)11-18(22)21-10-9-17(12-21)25(23,24)16-7-5-15(20)6-8-16/h1-8,17H,9-12H2. The van der Waals surface area contributed by atoms with Crippen molar-refractivity contribution < 1.29 is 13.2 Å². The van der Waals surface area contributed by atoms with E-state index in [2.05, 4.69) is 0 Å². The zero-order valence-corrected chi connectivity index (χ0v) is 15.7. The zero-order valence-electron chi connectivity index (χ0n) is 13.4. The Kier molecular flexibility index (Phi) is 5.37. The van der Waals surface area contributed by atoms with E-state index in [1.165, 1.54) is 12.1 Å². The zero-order chi connectivity index (χ0) is 18.0. The first-order chi connectivity index (χ1) is 11.9. The van der Waals surface area contributed by atoms with E-state index >= 15 is 0 Å². The molecule has 0 saturated carbocycles. The van der Waals surface area contributed by atoms with Crippen molar-refractivity contribution in [2.75, 3.05) is 13.1 Å². The van der Waals surface area contributed by atoms with Crippen LogP contribution in [0, 0.1) is 0 Å². The van der Waals surface area contributed by atoms with Gasteiger partial charge in [-0.3, -0.25) is 4.79 Å². The quantitative estimate of drug-likeness (QED) is 0.791. The van der Waals surface area contributed by atoms with Gasteiger partial charge in [0.2, 0.25) is 5.91 Å². The van der Waals surface area contributed by atoms with E-state index in [1.807, 2.05) is 0 Å². The molecule has 1 fully saturated rings. The summed E-state index contributed by atoms with van der Waals surface area (Å²) in [7, 11) is -3.47. The van der Waals surface area contributed by atoms with Crippen LogP contribution >= 0.6 is 23.2 Å². The summed E-state index contributed by atoms with van der Waals surface area (Å²) < 4.78 is 25.4. The molecule has 0 aliphatic carbocycles. The third-order valence-corrected chi connectivity index (χ3v) is 7.04. The number of sulfone groups is 1. The van der Waals surface area contributed by atoms with Crippen LogP contribution in [0.3, 0.4) is 0 Å². The number of hydrogen-bond donors (Lipinski definition) is 0. The van der Waals surface area contributed by atoms with E-state index in [-0.39, 0.29) is 23.8 Å². The van der Waals surface area contributed by atoms with Crippen LogP contribution in [0.4, 0.5) is 0 Å². The Labute approximate surface area is 157 Å². The highest BCUT2D eigenvalue weighted by Crippen LogP contribution is 2.25. The SMILES string of the molecule is O=C(Cc1ccc(Cl)cc1)N1CCC(S(=O)(=O)c2ccc(Cl)cc2)C1. The molecule has 1 aliphatic heterocycles. The second-order valence-electron chi connectivity index (χ2n) is 6.05. The summed E-state index contributed by atoms with van der Waals surface area (Å²) >= 11 is 11.7. The van der Waals surface area contributed by atoms with Gasteiger partial charge in [0.05, 0.1) is 16.6 Å². The summed E-state index contributed by atoms with van der Waals surface area (Å²) in [6.07, 6.45) is 0.683. The number of nitrogens with zero attached hydrogens (tertiary/aromatic N) is 1. The molecule has 1 saturated heterocycles. The van der Waals surface area contributed by atoms with Crippen LogP contribution in [0.2, 0.25) is 10.0 Å². The summed E-state index contributed by atoms with van der Waals surface area (Å²) in [4.78, 5) is 14.3. The van der Waals surface area contributed by atoms with E-state index in [0.29, 0.717) is 23.0 Å². The minimum Gasteiger partial charge on any atom is -0.341 e. The maximum atomic E-state index is 12.7. The molecule has 25 heavy (non-hydrogen) atoms. The molecule has 0 aromatic heterocycles. The van der Waals surface area contributed by atoms with Gasteiger partial charge < -0.3 is 4.90 Å². The molecule has 1 heterocycles. The molecule has 1 aliphatic rings. The molecule has 2 aromatic rings. The number of hydrogen-bond acceptors (Lipinski definition) is 3. The molecule has 2 aromatic carbocycles. The van der Waals surface area contributed by atoms with Crippen molar-refractivity contribution in [3.63, 3.8) is 0 Å². The van der Waals surface area contributed by atoms with Gasteiger partial charge in [-0.15, -0.1) is 0 Å². The van der Waals surface area contributed by atoms with Crippen LogP contribution in [0.25, 0.3) is 0 Å². The summed E-state index contributed by atoms with van der Waals surface area (Å²) in [5, 5.41) is 0.527.